The highest BCUT2D eigenvalue weighted by atomic mass is 19.4. The first kappa shape index (κ1) is 28.2. The highest BCUT2D eigenvalue weighted by Crippen LogP contribution is 2.58. The molecule has 5 heteroatoms. The van der Waals surface area contributed by atoms with E-state index in [4.69, 9.17) is 9.47 Å². The van der Waals surface area contributed by atoms with Gasteiger partial charge in [-0.1, -0.05) is 111 Å². The van der Waals surface area contributed by atoms with Gasteiger partial charge in [0.1, 0.15) is 17.2 Å². The first-order valence-corrected chi connectivity index (χ1v) is 15.3. The molecule has 2 nitrogen and oxygen atoms in total. The fourth-order valence-corrected chi connectivity index (χ4v) is 7.17. The van der Waals surface area contributed by atoms with Crippen LogP contribution in [0.3, 0.4) is 0 Å². The molecule has 0 N–H and O–H groups in total. The first-order valence-electron chi connectivity index (χ1n) is 15.3. The Morgan fingerprint density at radius 1 is 0.652 bits per heavy atom. The summed E-state index contributed by atoms with van der Waals surface area (Å²) in [7, 11) is 0. The van der Waals surface area contributed by atoms with E-state index < -0.39 is 22.8 Å². The number of halogens is 3. The van der Waals surface area contributed by atoms with Crippen LogP contribution in [0.15, 0.2) is 133 Å². The lowest BCUT2D eigenvalue weighted by Crippen LogP contribution is -2.35. The third kappa shape index (κ3) is 4.26. The molecule has 6 aromatic rings. The fourth-order valence-electron chi connectivity index (χ4n) is 7.17. The van der Waals surface area contributed by atoms with Crippen LogP contribution in [0.1, 0.15) is 47.2 Å². The van der Waals surface area contributed by atoms with Crippen LogP contribution in [0.2, 0.25) is 0 Å². The van der Waals surface area contributed by atoms with E-state index in [1.54, 1.807) is 6.07 Å². The molecule has 6 aromatic carbocycles. The number of hydrogen-bond donors (Lipinski definition) is 0. The third-order valence-corrected chi connectivity index (χ3v) is 9.33. The molecule has 226 valence electrons. The van der Waals surface area contributed by atoms with Crippen molar-refractivity contribution in [3.63, 3.8) is 0 Å². The van der Waals surface area contributed by atoms with Gasteiger partial charge in [0.15, 0.2) is 5.60 Å². The standard InChI is InChI=1S/C41H29F3O2/c1-39(2)35-25-28(41(42,43)44)19-22-33(35)36-31-15-9-10-16-32(31)38-34(37(36)39)23-24-40(46-38,26-11-5-3-6-12-26)27-17-20-30(21-18-27)45-29-13-7-4-8-14-29/h3-25H,1-2H3. The van der Waals surface area contributed by atoms with Gasteiger partial charge in [-0.25, -0.2) is 0 Å². The molecule has 8 rings (SSSR count). The number of benzene rings is 6. The first-order chi connectivity index (χ1) is 22.2. The molecule has 0 bridgehead atoms. The zero-order valence-corrected chi connectivity index (χ0v) is 25.2. The van der Waals surface area contributed by atoms with Gasteiger partial charge in [-0.05, 0) is 70.1 Å². The molecule has 0 saturated heterocycles. The number of para-hydroxylation sites is 1. The Balaban J connectivity index is 1.32. The van der Waals surface area contributed by atoms with Crippen molar-refractivity contribution in [2.24, 2.45) is 0 Å². The van der Waals surface area contributed by atoms with E-state index in [1.807, 2.05) is 111 Å². The predicted octanol–water partition coefficient (Wildman–Crippen LogP) is 11.3. The Morgan fingerprint density at radius 2 is 1.26 bits per heavy atom. The Morgan fingerprint density at radius 3 is 1.96 bits per heavy atom. The molecule has 2 aliphatic rings. The van der Waals surface area contributed by atoms with E-state index in [0.717, 1.165) is 49.9 Å². The summed E-state index contributed by atoms with van der Waals surface area (Å²) in [5.74, 6) is 2.17. The maximum Gasteiger partial charge on any atom is 0.416 e. The number of rotatable bonds is 4. The molecule has 0 saturated carbocycles. The number of alkyl halides is 3. The fraction of sp³-hybridized carbons (Fsp3) is 0.122. The van der Waals surface area contributed by atoms with Crippen molar-refractivity contribution >= 4 is 16.8 Å². The SMILES string of the molecule is CC1(C)c2cc(C(F)(F)F)ccc2-c2c1c1c(c3ccccc23)OC(c2ccccc2)(c2ccc(Oc3ccccc3)cc2)C=C1. The maximum atomic E-state index is 13.9. The van der Waals surface area contributed by atoms with E-state index in [2.05, 4.69) is 24.3 Å². The molecule has 0 amide bonds. The van der Waals surface area contributed by atoms with Crippen molar-refractivity contribution < 1.29 is 22.6 Å². The van der Waals surface area contributed by atoms with Gasteiger partial charge in [0.2, 0.25) is 0 Å². The molecule has 1 unspecified atom stereocenters. The van der Waals surface area contributed by atoms with Crippen LogP contribution in [-0.4, -0.2) is 0 Å². The van der Waals surface area contributed by atoms with Gasteiger partial charge in [0.05, 0.1) is 5.56 Å². The van der Waals surface area contributed by atoms with Gasteiger partial charge in [-0.15, -0.1) is 0 Å². The van der Waals surface area contributed by atoms with Crippen LogP contribution in [0.5, 0.6) is 17.2 Å². The summed E-state index contributed by atoms with van der Waals surface area (Å²) in [5, 5.41) is 1.86. The molecule has 0 spiro atoms. The summed E-state index contributed by atoms with van der Waals surface area (Å²) in [6, 6.07) is 39.8. The second-order valence-electron chi connectivity index (χ2n) is 12.4. The van der Waals surface area contributed by atoms with Crippen molar-refractivity contribution in [1.82, 2.24) is 0 Å². The van der Waals surface area contributed by atoms with Gasteiger partial charge in [-0.2, -0.15) is 13.2 Å². The van der Waals surface area contributed by atoms with Crippen molar-refractivity contribution in [3.8, 4) is 28.4 Å². The van der Waals surface area contributed by atoms with Crippen molar-refractivity contribution in [3.05, 3.63) is 167 Å². The van der Waals surface area contributed by atoms with Gasteiger partial charge in [0.25, 0.3) is 0 Å². The zero-order chi connectivity index (χ0) is 31.7. The summed E-state index contributed by atoms with van der Waals surface area (Å²) in [4.78, 5) is 0. The van der Waals surface area contributed by atoms with Crippen molar-refractivity contribution in [2.75, 3.05) is 0 Å². The van der Waals surface area contributed by atoms with Gasteiger partial charge in [0, 0.05) is 27.5 Å². The van der Waals surface area contributed by atoms with Crippen molar-refractivity contribution in [1.29, 1.82) is 0 Å². The van der Waals surface area contributed by atoms with Gasteiger partial charge >= 0.3 is 6.18 Å². The average Bonchev–Trinajstić information content (AvgIpc) is 3.32. The van der Waals surface area contributed by atoms with E-state index in [1.165, 1.54) is 12.1 Å². The number of hydrogen-bond acceptors (Lipinski definition) is 2. The highest BCUT2D eigenvalue weighted by Gasteiger charge is 2.45. The van der Waals surface area contributed by atoms with E-state index in [0.29, 0.717) is 17.1 Å². The zero-order valence-electron chi connectivity index (χ0n) is 25.2. The quantitative estimate of drug-likeness (QED) is 0.198. The number of ether oxygens (including phenoxy) is 2. The summed E-state index contributed by atoms with van der Waals surface area (Å²) in [5.41, 5.74) is 3.89. The van der Waals surface area contributed by atoms with Crippen LogP contribution in [0.25, 0.3) is 28.0 Å². The normalized spacial score (nSPS) is 17.6. The summed E-state index contributed by atoms with van der Waals surface area (Å²) in [6.45, 7) is 4.01. The second kappa shape index (κ2) is 10.1. The molecule has 1 aliphatic carbocycles. The largest absolute Gasteiger partial charge is 0.472 e. The molecule has 1 heterocycles. The summed E-state index contributed by atoms with van der Waals surface area (Å²) >= 11 is 0. The lowest BCUT2D eigenvalue weighted by atomic mass is 9.76. The van der Waals surface area contributed by atoms with Crippen LogP contribution >= 0.6 is 0 Å². The highest BCUT2D eigenvalue weighted by molar-refractivity contribution is 6.08. The van der Waals surface area contributed by atoms with E-state index >= 15 is 0 Å². The van der Waals surface area contributed by atoms with Crippen LogP contribution in [0.4, 0.5) is 13.2 Å². The maximum absolute atomic E-state index is 13.9. The second-order valence-corrected chi connectivity index (χ2v) is 12.4. The smallest absolute Gasteiger partial charge is 0.416 e. The Hall–Kier alpha value is -5.29. The van der Waals surface area contributed by atoms with Crippen LogP contribution in [0, 0.1) is 0 Å². The molecular weight excluding hydrogens is 581 g/mol. The summed E-state index contributed by atoms with van der Waals surface area (Å²) in [6.07, 6.45) is -0.252. The van der Waals surface area contributed by atoms with Gasteiger partial charge < -0.3 is 9.47 Å². The predicted molar refractivity (Wildman–Crippen MR) is 176 cm³/mol. The molecule has 1 aliphatic heterocycles. The lowest BCUT2D eigenvalue weighted by molar-refractivity contribution is -0.137. The summed E-state index contributed by atoms with van der Waals surface area (Å²) < 4.78 is 54.9. The van der Waals surface area contributed by atoms with E-state index in [9.17, 15) is 13.2 Å². The average molecular weight is 611 g/mol. The monoisotopic (exact) mass is 610 g/mol. The molecule has 0 radical (unpaired) electrons. The van der Waals surface area contributed by atoms with E-state index in [-0.39, 0.29) is 0 Å². The Labute approximate surface area is 265 Å². The third-order valence-electron chi connectivity index (χ3n) is 9.33. The molecular formula is C41H29F3O2. The Bertz CT molecular complexity index is 2150. The van der Waals surface area contributed by atoms with Crippen LogP contribution in [-0.2, 0) is 17.2 Å². The molecule has 46 heavy (non-hydrogen) atoms. The minimum Gasteiger partial charge on any atom is -0.472 e. The van der Waals surface area contributed by atoms with Crippen LogP contribution < -0.4 is 9.47 Å². The lowest BCUT2D eigenvalue weighted by Gasteiger charge is -2.38. The molecule has 1 atom stereocenters. The van der Waals surface area contributed by atoms with Crippen molar-refractivity contribution in [2.45, 2.75) is 31.0 Å². The molecule has 0 aromatic heterocycles. The molecule has 0 fully saturated rings. The minimum absolute atomic E-state index is 0.639. The Kier molecular flexibility index (Phi) is 6.20. The van der Waals surface area contributed by atoms with Gasteiger partial charge in [-0.3, -0.25) is 0 Å². The minimum atomic E-state index is -4.43. The number of fused-ring (bicyclic) bond motifs is 8. The topological polar surface area (TPSA) is 18.5 Å².